The Morgan fingerprint density at radius 3 is 2.90 bits per heavy atom. The number of hydrogen-bond acceptors (Lipinski definition) is 5. The standard InChI is InChI=1S/C22H27FN4O2S/c23-7-9-25-8-3-4-16(14-25)27-21-17-5-1-2-6-19(17)30-15-18(21)20(24-27)22(28)26-10-12-29-13-11-26/h1-2,5-6,16H,3-4,7-15H2. The lowest BCUT2D eigenvalue weighted by atomic mass is 10.0. The molecular formula is C22H27FN4O2S. The third-order valence-electron chi connectivity index (χ3n) is 6.25. The van der Waals surface area contributed by atoms with E-state index in [0.29, 0.717) is 38.5 Å². The number of piperidine rings is 1. The first kappa shape index (κ1) is 20.0. The number of carbonyl (C=O) groups excluding carboxylic acids is 1. The summed E-state index contributed by atoms with van der Waals surface area (Å²) in [6.07, 6.45) is 2.01. The van der Waals surface area contributed by atoms with Crippen LogP contribution in [0.25, 0.3) is 11.3 Å². The number of halogens is 1. The van der Waals surface area contributed by atoms with E-state index in [1.165, 1.54) is 4.90 Å². The molecule has 160 valence electrons. The van der Waals surface area contributed by atoms with Gasteiger partial charge in [0.25, 0.3) is 5.91 Å². The summed E-state index contributed by atoms with van der Waals surface area (Å²) in [7, 11) is 0. The topological polar surface area (TPSA) is 50.6 Å². The Balaban J connectivity index is 1.56. The Bertz CT molecular complexity index is 926. The number of fused-ring (bicyclic) bond motifs is 3. The normalized spacial score (nSPS) is 21.9. The van der Waals surface area contributed by atoms with Gasteiger partial charge in [-0.3, -0.25) is 14.4 Å². The maximum Gasteiger partial charge on any atom is 0.274 e. The van der Waals surface area contributed by atoms with Gasteiger partial charge in [-0.1, -0.05) is 18.2 Å². The quantitative estimate of drug-likeness (QED) is 0.746. The minimum Gasteiger partial charge on any atom is -0.378 e. The van der Waals surface area contributed by atoms with Gasteiger partial charge in [-0.05, 0) is 25.5 Å². The summed E-state index contributed by atoms with van der Waals surface area (Å²) in [6.45, 7) is 4.21. The molecular weight excluding hydrogens is 403 g/mol. The second-order valence-electron chi connectivity index (χ2n) is 8.10. The van der Waals surface area contributed by atoms with Crippen molar-refractivity contribution in [2.45, 2.75) is 29.5 Å². The molecule has 3 aliphatic heterocycles. The van der Waals surface area contributed by atoms with Crippen LogP contribution < -0.4 is 0 Å². The van der Waals surface area contributed by atoms with Crippen molar-refractivity contribution in [2.24, 2.45) is 0 Å². The molecule has 8 heteroatoms. The van der Waals surface area contributed by atoms with Crippen LogP contribution in [-0.2, 0) is 10.5 Å². The lowest BCUT2D eigenvalue weighted by Gasteiger charge is -2.33. The zero-order chi connectivity index (χ0) is 20.5. The van der Waals surface area contributed by atoms with E-state index in [-0.39, 0.29) is 18.6 Å². The van der Waals surface area contributed by atoms with Crippen LogP contribution in [0.4, 0.5) is 4.39 Å². The molecule has 0 bridgehead atoms. The van der Waals surface area contributed by atoms with Crippen molar-refractivity contribution in [3.63, 3.8) is 0 Å². The summed E-state index contributed by atoms with van der Waals surface area (Å²) in [5.41, 5.74) is 3.85. The number of thioether (sulfide) groups is 1. The number of rotatable bonds is 4. The molecule has 30 heavy (non-hydrogen) atoms. The highest BCUT2D eigenvalue weighted by Crippen LogP contribution is 2.44. The summed E-state index contributed by atoms with van der Waals surface area (Å²) < 4.78 is 20.5. The predicted molar refractivity (Wildman–Crippen MR) is 115 cm³/mol. The van der Waals surface area contributed by atoms with Gasteiger partial charge >= 0.3 is 0 Å². The highest BCUT2D eigenvalue weighted by atomic mass is 32.2. The van der Waals surface area contributed by atoms with Crippen LogP contribution >= 0.6 is 11.8 Å². The van der Waals surface area contributed by atoms with E-state index < -0.39 is 0 Å². The molecule has 5 rings (SSSR count). The summed E-state index contributed by atoms with van der Waals surface area (Å²) in [6, 6.07) is 8.53. The number of nitrogens with zero attached hydrogens (tertiary/aromatic N) is 4. The van der Waals surface area contributed by atoms with Gasteiger partial charge in [-0.2, -0.15) is 5.10 Å². The Labute approximate surface area is 180 Å². The number of benzene rings is 1. The van der Waals surface area contributed by atoms with E-state index in [0.717, 1.165) is 48.5 Å². The molecule has 1 atom stereocenters. The predicted octanol–water partition coefficient (Wildman–Crippen LogP) is 3.23. The molecule has 0 radical (unpaired) electrons. The summed E-state index contributed by atoms with van der Waals surface area (Å²) in [5, 5.41) is 4.93. The highest BCUT2D eigenvalue weighted by Gasteiger charge is 2.34. The second kappa shape index (κ2) is 8.69. The number of hydrogen-bond donors (Lipinski definition) is 0. The van der Waals surface area contributed by atoms with Gasteiger partial charge in [0, 0.05) is 48.0 Å². The first-order chi connectivity index (χ1) is 14.8. The van der Waals surface area contributed by atoms with Gasteiger partial charge in [-0.15, -0.1) is 11.8 Å². The minimum atomic E-state index is -0.329. The molecule has 6 nitrogen and oxygen atoms in total. The zero-order valence-corrected chi connectivity index (χ0v) is 17.9. The Kier molecular flexibility index (Phi) is 5.80. The van der Waals surface area contributed by atoms with Crippen LogP contribution in [0.2, 0.25) is 0 Å². The number of amides is 1. The second-order valence-corrected chi connectivity index (χ2v) is 9.11. The lowest BCUT2D eigenvalue weighted by molar-refractivity contribution is 0.0297. The molecule has 1 aromatic heterocycles. The van der Waals surface area contributed by atoms with E-state index in [2.05, 4.69) is 27.8 Å². The summed E-state index contributed by atoms with van der Waals surface area (Å²) >= 11 is 1.77. The average molecular weight is 431 g/mol. The van der Waals surface area contributed by atoms with E-state index in [1.807, 2.05) is 11.0 Å². The molecule has 2 aromatic rings. The van der Waals surface area contributed by atoms with Crippen LogP contribution in [-0.4, -0.2) is 78.1 Å². The molecule has 4 heterocycles. The molecule has 0 aliphatic carbocycles. The third kappa shape index (κ3) is 3.65. The van der Waals surface area contributed by atoms with Crippen LogP contribution in [0.5, 0.6) is 0 Å². The molecule has 0 saturated carbocycles. The largest absolute Gasteiger partial charge is 0.378 e. The molecule has 2 fully saturated rings. The van der Waals surface area contributed by atoms with Crippen LogP contribution in [0.3, 0.4) is 0 Å². The van der Waals surface area contributed by atoms with Crippen molar-refractivity contribution in [1.82, 2.24) is 19.6 Å². The van der Waals surface area contributed by atoms with E-state index in [1.54, 1.807) is 11.8 Å². The van der Waals surface area contributed by atoms with Gasteiger partial charge in [0.05, 0.1) is 24.9 Å². The minimum absolute atomic E-state index is 0.00436. The van der Waals surface area contributed by atoms with Gasteiger partial charge in [0.15, 0.2) is 5.69 Å². The number of carbonyl (C=O) groups is 1. The fourth-order valence-corrected chi connectivity index (χ4v) is 5.80. The number of likely N-dealkylation sites (tertiary alicyclic amines) is 1. The van der Waals surface area contributed by atoms with Gasteiger partial charge < -0.3 is 9.64 Å². The Hall–Kier alpha value is -1.90. The smallest absolute Gasteiger partial charge is 0.274 e. The summed E-state index contributed by atoms with van der Waals surface area (Å²) in [4.78, 5) is 18.6. The Morgan fingerprint density at radius 2 is 2.07 bits per heavy atom. The zero-order valence-electron chi connectivity index (χ0n) is 17.1. The SMILES string of the molecule is O=C(c1nn(C2CCCN(CCF)C2)c2c1CSc1ccccc1-2)N1CCOCC1. The van der Waals surface area contributed by atoms with Crippen molar-refractivity contribution in [2.75, 3.05) is 52.6 Å². The maximum absolute atomic E-state index is 13.4. The first-order valence-electron chi connectivity index (χ1n) is 10.7. The number of morpholine rings is 1. The molecule has 0 N–H and O–H groups in total. The number of alkyl halides is 1. The van der Waals surface area contributed by atoms with Crippen molar-refractivity contribution in [1.29, 1.82) is 0 Å². The summed E-state index contributed by atoms with van der Waals surface area (Å²) in [5.74, 6) is 0.753. The highest BCUT2D eigenvalue weighted by molar-refractivity contribution is 7.98. The van der Waals surface area contributed by atoms with Crippen LogP contribution in [0.15, 0.2) is 29.2 Å². The van der Waals surface area contributed by atoms with Crippen LogP contribution in [0, 0.1) is 0 Å². The average Bonchev–Trinajstić information content (AvgIpc) is 3.20. The molecule has 1 aromatic carbocycles. The van der Waals surface area contributed by atoms with Gasteiger partial charge in [0.1, 0.15) is 6.67 Å². The van der Waals surface area contributed by atoms with Crippen molar-refractivity contribution >= 4 is 17.7 Å². The van der Waals surface area contributed by atoms with Crippen molar-refractivity contribution in [3.05, 3.63) is 35.5 Å². The fourth-order valence-electron chi connectivity index (χ4n) is 4.73. The van der Waals surface area contributed by atoms with Crippen molar-refractivity contribution in [3.8, 4) is 11.3 Å². The van der Waals surface area contributed by atoms with Gasteiger partial charge in [-0.25, -0.2) is 4.39 Å². The monoisotopic (exact) mass is 430 g/mol. The Morgan fingerprint density at radius 1 is 1.23 bits per heavy atom. The number of ether oxygens (including phenoxy) is 1. The maximum atomic E-state index is 13.4. The third-order valence-corrected chi connectivity index (χ3v) is 7.35. The fraction of sp³-hybridized carbons (Fsp3) is 0.545. The van der Waals surface area contributed by atoms with E-state index in [4.69, 9.17) is 9.84 Å². The lowest BCUT2D eigenvalue weighted by Crippen LogP contribution is -2.41. The molecule has 1 unspecified atom stereocenters. The van der Waals surface area contributed by atoms with E-state index in [9.17, 15) is 9.18 Å². The number of aromatic nitrogens is 2. The van der Waals surface area contributed by atoms with Crippen LogP contribution in [0.1, 0.15) is 34.9 Å². The molecule has 2 saturated heterocycles. The van der Waals surface area contributed by atoms with E-state index >= 15 is 0 Å². The molecule has 3 aliphatic rings. The van der Waals surface area contributed by atoms with Gasteiger partial charge in [0.2, 0.25) is 0 Å². The molecule has 1 amide bonds. The van der Waals surface area contributed by atoms with Crippen molar-refractivity contribution < 1.29 is 13.9 Å². The molecule has 0 spiro atoms. The first-order valence-corrected chi connectivity index (χ1v) is 11.7.